The van der Waals surface area contributed by atoms with Gasteiger partial charge in [-0.2, -0.15) is 0 Å². The molecule has 0 saturated carbocycles. The normalized spacial score (nSPS) is 12.4. The zero-order valence-corrected chi connectivity index (χ0v) is 12.3. The van der Waals surface area contributed by atoms with Crippen molar-refractivity contribution in [3.8, 4) is 5.75 Å². The molecule has 1 heterocycles. The van der Waals surface area contributed by atoms with Gasteiger partial charge < -0.3 is 9.84 Å². The molecule has 1 atom stereocenters. The van der Waals surface area contributed by atoms with Gasteiger partial charge >= 0.3 is 0 Å². The standard InChI is InChI=1S/C15H19NO2S/c1-4-18-13-7-5-6-12(8-13)14(17)9-15-16-10(2)11(3)19-15/h5-8,14,17H,4,9H2,1-3H3. The number of ether oxygens (including phenoxy) is 1. The number of aromatic nitrogens is 1. The Bertz CT molecular complexity index is 531. The molecule has 1 aromatic heterocycles. The van der Waals surface area contributed by atoms with Crippen molar-refractivity contribution in [2.45, 2.75) is 33.3 Å². The molecule has 0 bridgehead atoms. The first kappa shape index (κ1) is 14.0. The van der Waals surface area contributed by atoms with E-state index in [1.165, 1.54) is 4.88 Å². The number of hydrogen-bond acceptors (Lipinski definition) is 4. The second-order valence-corrected chi connectivity index (χ2v) is 5.76. The minimum Gasteiger partial charge on any atom is -0.494 e. The van der Waals surface area contributed by atoms with Gasteiger partial charge in [-0.25, -0.2) is 4.98 Å². The van der Waals surface area contributed by atoms with Gasteiger partial charge in [0.15, 0.2) is 0 Å². The molecule has 0 saturated heterocycles. The number of aliphatic hydroxyl groups excluding tert-OH is 1. The van der Waals surface area contributed by atoms with E-state index in [4.69, 9.17) is 4.74 Å². The Morgan fingerprint density at radius 1 is 1.37 bits per heavy atom. The maximum Gasteiger partial charge on any atom is 0.119 e. The lowest BCUT2D eigenvalue weighted by Gasteiger charge is -2.11. The largest absolute Gasteiger partial charge is 0.494 e. The molecule has 4 heteroatoms. The molecule has 1 aromatic carbocycles. The van der Waals surface area contributed by atoms with Crippen LogP contribution in [-0.2, 0) is 6.42 Å². The van der Waals surface area contributed by atoms with Gasteiger partial charge in [0, 0.05) is 11.3 Å². The first-order valence-electron chi connectivity index (χ1n) is 6.44. The first-order chi connectivity index (χ1) is 9.10. The summed E-state index contributed by atoms with van der Waals surface area (Å²) in [6.07, 6.45) is 0.0138. The minimum atomic E-state index is -0.537. The monoisotopic (exact) mass is 277 g/mol. The van der Waals surface area contributed by atoms with Gasteiger partial charge in [0.1, 0.15) is 5.75 Å². The number of benzene rings is 1. The lowest BCUT2D eigenvalue weighted by atomic mass is 10.1. The van der Waals surface area contributed by atoms with Gasteiger partial charge in [0.05, 0.1) is 23.4 Å². The Morgan fingerprint density at radius 2 is 2.16 bits per heavy atom. The van der Waals surface area contributed by atoms with Crippen LogP contribution in [0.1, 0.15) is 34.2 Å². The summed E-state index contributed by atoms with van der Waals surface area (Å²) in [7, 11) is 0. The number of hydrogen-bond donors (Lipinski definition) is 1. The van der Waals surface area contributed by atoms with E-state index in [1.807, 2.05) is 38.1 Å². The second kappa shape index (κ2) is 6.17. The van der Waals surface area contributed by atoms with Crippen molar-refractivity contribution in [2.24, 2.45) is 0 Å². The van der Waals surface area contributed by atoms with Crippen LogP contribution in [0.3, 0.4) is 0 Å². The average Bonchev–Trinajstić information content (AvgIpc) is 2.69. The second-order valence-electron chi connectivity index (χ2n) is 4.47. The molecule has 19 heavy (non-hydrogen) atoms. The smallest absolute Gasteiger partial charge is 0.119 e. The van der Waals surface area contributed by atoms with Crippen LogP contribution < -0.4 is 4.74 Å². The van der Waals surface area contributed by atoms with Gasteiger partial charge in [0.2, 0.25) is 0 Å². The highest BCUT2D eigenvalue weighted by molar-refractivity contribution is 7.11. The number of aliphatic hydroxyl groups is 1. The number of thiazole rings is 1. The summed E-state index contributed by atoms with van der Waals surface area (Å²) in [6.45, 7) is 6.63. The Labute approximate surface area is 117 Å². The van der Waals surface area contributed by atoms with Crippen LogP contribution >= 0.6 is 11.3 Å². The van der Waals surface area contributed by atoms with Crippen molar-refractivity contribution < 1.29 is 9.84 Å². The zero-order chi connectivity index (χ0) is 13.8. The Kier molecular flexibility index (Phi) is 4.56. The first-order valence-corrected chi connectivity index (χ1v) is 7.25. The Hall–Kier alpha value is -1.39. The van der Waals surface area contributed by atoms with Crippen LogP contribution in [0.15, 0.2) is 24.3 Å². The van der Waals surface area contributed by atoms with Crippen molar-refractivity contribution in [1.82, 2.24) is 4.98 Å². The topological polar surface area (TPSA) is 42.4 Å². The average molecular weight is 277 g/mol. The fourth-order valence-electron chi connectivity index (χ4n) is 1.89. The van der Waals surface area contributed by atoms with Crippen molar-refractivity contribution in [3.05, 3.63) is 45.4 Å². The quantitative estimate of drug-likeness (QED) is 0.910. The van der Waals surface area contributed by atoms with E-state index in [9.17, 15) is 5.11 Å². The van der Waals surface area contributed by atoms with Crippen LogP contribution in [-0.4, -0.2) is 16.7 Å². The Morgan fingerprint density at radius 3 is 2.79 bits per heavy atom. The summed E-state index contributed by atoms with van der Waals surface area (Å²) in [5.41, 5.74) is 1.92. The SMILES string of the molecule is CCOc1cccc(C(O)Cc2nc(C)c(C)s2)c1. The van der Waals surface area contributed by atoms with E-state index in [1.54, 1.807) is 11.3 Å². The van der Waals surface area contributed by atoms with Gasteiger partial charge in [-0.3, -0.25) is 0 Å². The van der Waals surface area contributed by atoms with Crippen molar-refractivity contribution in [3.63, 3.8) is 0 Å². The number of rotatable bonds is 5. The van der Waals surface area contributed by atoms with Crippen LogP contribution in [0.4, 0.5) is 0 Å². The summed E-state index contributed by atoms with van der Waals surface area (Å²) < 4.78 is 5.45. The molecule has 2 rings (SSSR count). The highest BCUT2D eigenvalue weighted by atomic mass is 32.1. The molecule has 0 amide bonds. The summed E-state index contributed by atoms with van der Waals surface area (Å²) >= 11 is 1.65. The molecular weight excluding hydrogens is 258 g/mol. The van der Waals surface area contributed by atoms with Crippen LogP contribution in [0, 0.1) is 13.8 Å². The van der Waals surface area contributed by atoms with Crippen LogP contribution in [0.2, 0.25) is 0 Å². The molecule has 0 aliphatic heterocycles. The van der Waals surface area contributed by atoms with Gasteiger partial charge in [-0.15, -0.1) is 11.3 Å². The van der Waals surface area contributed by atoms with E-state index in [-0.39, 0.29) is 0 Å². The van der Waals surface area contributed by atoms with Gasteiger partial charge in [0.25, 0.3) is 0 Å². The Balaban J connectivity index is 2.10. The lowest BCUT2D eigenvalue weighted by Crippen LogP contribution is -2.02. The predicted octanol–water partition coefficient (Wildman–Crippen LogP) is 3.43. The number of nitrogens with zero attached hydrogens (tertiary/aromatic N) is 1. The van der Waals surface area contributed by atoms with Crippen LogP contribution in [0.25, 0.3) is 0 Å². The maximum atomic E-state index is 10.3. The third kappa shape index (κ3) is 3.55. The number of aryl methyl sites for hydroxylation is 2. The molecular formula is C15H19NO2S. The van der Waals surface area contributed by atoms with Crippen LogP contribution in [0.5, 0.6) is 5.75 Å². The molecule has 1 N–H and O–H groups in total. The molecule has 0 radical (unpaired) electrons. The third-order valence-corrected chi connectivity index (χ3v) is 4.09. The van der Waals surface area contributed by atoms with Crippen molar-refractivity contribution in [2.75, 3.05) is 6.61 Å². The third-order valence-electron chi connectivity index (χ3n) is 2.99. The lowest BCUT2D eigenvalue weighted by molar-refractivity contribution is 0.177. The van der Waals surface area contributed by atoms with E-state index >= 15 is 0 Å². The molecule has 0 aliphatic rings. The molecule has 1 unspecified atom stereocenters. The molecule has 0 aliphatic carbocycles. The molecule has 2 aromatic rings. The highest BCUT2D eigenvalue weighted by Crippen LogP contribution is 2.25. The van der Waals surface area contributed by atoms with Crippen molar-refractivity contribution >= 4 is 11.3 Å². The zero-order valence-electron chi connectivity index (χ0n) is 11.5. The fraction of sp³-hybridized carbons (Fsp3) is 0.400. The fourth-order valence-corrected chi connectivity index (χ4v) is 2.86. The molecule has 102 valence electrons. The van der Waals surface area contributed by atoms with E-state index < -0.39 is 6.10 Å². The summed E-state index contributed by atoms with van der Waals surface area (Å²) in [4.78, 5) is 5.67. The maximum absolute atomic E-state index is 10.3. The molecule has 3 nitrogen and oxygen atoms in total. The van der Waals surface area contributed by atoms with Crippen molar-refractivity contribution in [1.29, 1.82) is 0 Å². The van der Waals surface area contributed by atoms with E-state index in [0.29, 0.717) is 13.0 Å². The summed E-state index contributed by atoms with van der Waals surface area (Å²) in [5.74, 6) is 0.797. The summed E-state index contributed by atoms with van der Waals surface area (Å²) in [6, 6.07) is 7.61. The molecule has 0 spiro atoms. The van der Waals surface area contributed by atoms with E-state index in [2.05, 4.69) is 11.9 Å². The van der Waals surface area contributed by atoms with Gasteiger partial charge in [-0.05, 0) is 38.5 Å². The van der Waals surface area contributed by atoms with E-state index in [0.717, 1.165) is 22.0 Å². The predicted molar refractivity (Wildman–Crippen MR) is 77.9 cm³/mol. The molecule has 0 fully saturated rings. The highest BCUT2D eigenvalue weighted by Gasteiger charge is 2.13. The minimum absolute atomic E-state index is 0.537. The summed E-state index contributed by atoms with van der Waals surface area (Å²) in [5, 5.41) is 11.3. The van der Waals surface area contributed by atoms with Gasteiger partial charge in [-0.1, -0.05) is 12.1 Å².